The Morgan fingerprint density at radius 2 is 2.07 bits per heavy atom. The third kappa shape index (κ3) is 7.15. The molecule has 1 atom stereocenters. The molecule has 9 heteroatoms. The standard InChI is InChI=1S/C18H26ClN5O2S/c1-12-5-4-6-14(17(12)19)26-10-13(25)9-21-18(2,3)11-27-16-8-7-15(22-20)23-24-16/h4-8,13,21,25H,9-11,20H2,1-3H3,(H,22,23). The van der Waals surface area contributed by atoms with Gasteiger partial charge in [-0.1, -0.05) is 23.7 Å². The number of hydrogen-bond donors (Lipinski definition) is 4. The van der Waals surface area contributed by atoms with Gasteiger partial charge in [-0.05, 0) is 44.5 Å². The second-order valence-corrected chi connectivity index (χ2v) is 8.18. The second kappa shape index (κ2) is 10.1. The number of hydrogen-bond acceptors (Lipinski definition) is 8. The lowest BCUT2D eigenvalue weighted by atomic mass is 10.1. The van der Waals surface area contributed by atoms with E-state index in [9.17, 15) is 5.11 Å². The number of benzene rings is 1. The number of β-amino-alcohol motifs (C(OH)–C–C–N with tert-alkyl or cyclic N) is 1. The molecule has 0 aliphatic carbocycles. The first-order valence-corrected chi connectivity index (χ1v) is 9.91. The highest BCUT2D eigenvalue weighted by atomic mass is 35.5. The van der Waals surface area contributed by atoms with Crippen molar-refractivity contribution in [3.8, 4) is 5.75 Å². The molecule has 0 radical (unpaired) electrons. The molecule has 148 valence electrons. The molecule has 0 fully saturated rings. The number of rotatable bonds is 10. The van der Waals surface area contributed by atoms with Gasteiger partial charge in [-0.2, -0.15) is 0 Å². The van der Waals surface area contributed by atoms with E-state index < -0.39 is 6.10 Å². The van der Waals surface area contributed by atoms with Crippen molar-refractivity contribution in [3.05, 3.63) is 40.9 Å². The molecule has 0 aliphatic heterocycles. The zero-order chi connectivity index (χ0) is 19.9. The number of thioether (sulfide) groups is 1. The van der Waals surface area contributed by atoms with Crippen LogP contribution >= 0.6 is 23.4 Å². The van der Waals surface area contributed by atoms with Crippen molar-refractivity contribution < 1.29 is 9.84 Å². The highest BCUT2D eigenvalue weighted by Gasteiger charge is 2.20. The van der Waals surface area contributed by atoms with E-state index in [4.69, 9.17) is 22.2 Å². The van der Waals surface area contributed by atoms with Gasteiger partial charge in [0.05, 0.1) is 5.02 Å². The fourth-order valence-electron chi connectivity index (χ4n) is 2.15. The van der Waals surface area contributed by atoms with Crippen LogP contribution in [0.15, 0.2) is 35.4 Å². The molecular weight excluding hydrogens is 386 g/mol. The van der Waals surface area contributed by atoms with Crippen LogP contribution in [0, 0.1) is 6.92 Å². The Morgan fingerprint density at radius 1 is 1.30 bits per heavy atom. The molecule has 7 nitrogen and oxygen atoms in total. The number of aliphatic hydroxyl groups excluding tert-OH is 1. The number of halogens is 1. The Labute approximate surface area is 169 Å². The maximum Gasteiger partial charge on any atom is 0.162 e. The zero-order valence-corrected chi connectivity index (χ0v) is 17.3. The van der Waals surface area contributed by atoms with Gasteiger partial charge in [0, 0.05) is 17.8 Å². The summed E-state index contributed by atoms with van der Waals surface area (Å²) in [6.07, 6.45) is -0.652. The summed E-state index contributed by atoms with van der Waals surface area (Å²) in [6.45, 7) is 6.61. The van der Waals surface area contributed by atoms with E-state index in [-0.39, 0.29) is 12.1 Å². The highest BCUT2D eigenvalue weighted by Crippen LogP contribution is 2.27. The number of hydrazine groups is 1. The minimum atomic E-state index is -0.652. The summed E-state index contributed by atoms with van der Waals surface area (Å²) in [5, 5.41) is 23.0. The summed E-state index contributed by atoms with van der Waals surface area (Å²) in [5.41, 5.74) is 3.18. The SMILES string of the molecule is Cc1cccc(OCC(O)CNC(C)(C)CSc2ccc(NN)nn2)c1Cl. The van der Waals surface area contributed by atoms with Gasteiger partial charge < -0.3 is 20.6 Å². The van der Waals surface area contributed by atoms with Gasteiger partial charge in [-0.3, -0.25) is 0 Å². The number of aromatic nitrogens is 2. The van der Waals surface area contributed by atoms with E-state index >= 15 is 0 Å². The quantitative estimate of drug-likeness (QED) is 0.268. The van der Waals surface area contributed by atoms with Crippen LogP contribution in [-0.2, 0) is 0 Å². The van der Waals surface area contributed by atoms with Crippen LogP contribution in [0.1, 0.15) is 19.4 Å². The monoisotopic (exact) mass is 411 g/mol. The maximum absolute atomic E-state index is 10.2. The van der Waals surface area contributed by atoms with Gasteiger partial charge in [-0.15, -0.1) is 22.0 Å². The zero-order valence-electron chi connectivity index (χ0n) is 15.7. The molecule has 1 unspecified atom stereocenters. The first-order chi connectivity index (χ1) is 12.8. The number of nitrogens with one attached hydrogen (secondary N) is 2. The molecule has 5 N–H and O–H groups in total. The van der Waals surface area contributed by atoms with Crippen molar-refractivity contribution in [1.29, 1.82) is 0 Å². The van der Waals surface area contributed by atoms with Crippen LogP contribution in [0.2, 0.25) is 5.02 Å². The second-order valence-electron chi connectivity index (χ2n) is 6.81. The largest absolute Gasteiger partial charge is 0.489 e. The lowest BCUT2D eigenvalue weighted by Gasteiger charge is -2.27. The molecular formula is C18H26ClN5O2S. The number of aliphatic hydroxyl groups is 1. The summed E-state index contributed by atoms with van der Waals surface area (Å²) in [4.78, 5) is 0. The summed E-state index contributed by atoms with van der Waals surface area (Å²) < 4.78 is 5.63. The van der Waals surface area contributed by atoms with Gasteiger partial charge in [-0.25, -0.2) is 5.84 Å². The molecule has 1 aromatic heterocycles. The fraction of sp³-hybridized carbons (Fsp3) is 0.444. The molecule has 2 aromatic rings. The van der Waals surface area contributed by atoms with Gasteiger partial charge in [0.25, 0.3) is 0 Å². The van der Waals surface area contributed by atoms with Crippen molar-refractivity contribution >= 4 is 29.2 Å². The van der Waals surface area contributed by atoms with E-state index in [1.165, 1.54) is 0 Å². The highest BCUT2D eigenvalue weighted by molar-refractivity contribution is 7.99. The Hall–Kier alpha value is -1.58. The molecule has 1 heterocycles. The number of nitrogen functional groups attached to an aromatic ring is 1. The molecule has 0 saturated heterocycles. The Balaban J connectivity index is 1.75. The molecule has 0 amide bonds. The van der Waals surface area contributed by atoms with Crippen molar-refractivity contribution in [2.75, 3.05) is 24.3 Å². The molecule has 1 aromatic carbocycles. The maximum atomic E-state index is 10.2. The van der Waals surface area contributed by atoms with Gasteiger partial charge in [0.2, 0.25) is 0 Å². The van der Waals surface area contributed by atoms with Crippen LogP contribution in [0.5, 0.6) is 5.75 Å². The Morgan fingerprint density at radius 3 is 2.74 bits per heavy atom. The molecule has 0 spiro atoms. The summed E-state index contributed by atoms with van der Waals surface area (Å²) in [7, 11) is 0. The lowest BCUT2D eigenvalue weighted by molar-refractivity contribution is 0.100. The number of nitrogens with two attached hydrogens (primary N) is 1. The average molecular weight is 412 g/mol. The molecule has 0 saturated carbocycles. The van der Waals surface area contributed by atoms with Gasteiger partial charge >= 0.3 is 0 Å². The van der Waals surface area contributed by atoms with Crippen molar-refractivity contribution in [2.24, 2.45) is 5.84 Å². The predicted octanol–water partition coefficient (Wildman–Crippen LogP) is 2.62. The van der Waals surface area contributed by atoms with Crippen molar-refractivity contribution in [2.45, 2.75) is 37.4 Å². The van der Waals surface area contributed by atoms with Crippen LogP contribution in [-0.4, -0.2) is 45.9 Å². The number of aryl methyl sites for hydroxylation is 1. The number of ether oxygens (including phenoxy) is 1. The minimum Gasteiger partial charge on any atom is -0.489 e. The van der Waals surface area contributed by atoms with Crippen LogP contribution in [0.4, 0.5) is 5.82 Å². The molecule has 0 bridgehead atoms. The summed E-state index contributed by atoms with van der Waals surface area (Å²) in [5.74, 6) is 7.14. The Bertz CT molecular complexity index is 730. The summed E-state index contributed by atoms with van der Waals surface area (Å²) >= 11 is 7.77. The van der Waals surface area contributed by atoms with Gasteiger partial charge in [0.15, 0.2) is 5.82 Å². The van der Waals surface area contributed by atoms with Gasteiger partial charge in [0.1, 0.15) is 23.5 Å². The smallest absolute Gasteiger partial charge is 0.162 e. The third-order valence-corrected chi connectivity index (χ3v) is 5.64. The lowest BCUT2D eigenvalue weighted by Crippen LogP contribution is -2.46. The fourth-order valence-corrected chi connectivity index (χ4v) is 3.20. The molecule has 0 aliphatic rings. The Kier molecular flexibility index (Phi) is 8.12. The summed E-state index contributed by atoms with van der Waals surface area (Å²) in [6, 6.07) is 9.21. The van der Waals surface area contributed by atoms with Crippen LogP contribution in [0.3, 0.4) is 0 Å². The van der Waals surface area contributed by atoms with Crippen molar-refractivity contribution in [1.82, 2.24) is 15.5 Å². The van der Waals surface area contributed by atoms with E-state index in [2.05, 4.69) is 34.8 Å². The van der Waals surface area contributed by atoms with Crippen molar-refractivity contribution in [3.63, 3.8) is 0 Å². The van der Waals surface area contributed by atoms with E-state index in [0.717, 1.165) is 16.3 Å². The third-order valence-electron chi connectivity index (χ3n) is 3.77. The van der Waals surface area contributed by atoms with Crippen LogP contribution in [0.25, 0.3) is 0 Å². The number of nitrogens with zero attached hydrogens (tertiary/aromatic N) is 2. The molecule has 27 heavy (non-hydrogen) atoms. The first kappa shape index (κ1) is 21.7. The average Bonchev–Trinajstić information content (AvgIpc) is 2.66. The topological polar surface area (TPSA) is 105 Å². The van der Waals surface area contributed by atoms with E-state index in [0.29, 0.717) is 23.1 Å². The van der Waals surface area contributed by atoms with Crippen LogP contribution < -0.4 is 21.3 Å². The predicted molar refractivity (Wildman–Crippen MR) is 110 cm³/mol. The number of anilines is 1. The molecule has 2 rings (SSSR count). The minimum absolute atomic E-state index is 0.165. The first-order valence-electron chi connectivity index (χ1n) is 8.55. The normalized spacial score (nSPS) is 12.7. The van der Waals surface area contributed by atoms with E-state index in [1.54, 1.807) is 23.9 Å². The van der Waals surface area contributed by atoms with E-state index in [1.807, 2.05) is 25.1 Å².